The number of nitrogens with two attached hydrogens (primary N) is 1. The molecule has 2 heterocycles. The lowest BCUT2D eigenvalue weighted by Crippen LogP contribution is -2.40. The van der Waals surface area contributed by atoms with Crippen molar-refractivity contribution in [3.05, 3.63) is 23.4 Å². The molecule has 6 nitrogen and oxygen atoms in total. The van der Waals surface area contributed by atoms with Crippen molar-refractivity contribution in [2.24, 2.45) is 5.84 Å². The van der Waals surface area contributed by atoms with Gasteiger partial charge in [0.15, 0.2) is 0 Å². The highest BCUT2D eigenvalue weighted by Gasteiger charge is 2.24. The molecule has 0 bridgehead atoms. The van der Waals surface area contributed by atoms with E-state index in [1.807, 2.05) is 11.0 Å². The fourth-order valence-electron chi connectivity index (χ4n) is 2.65. The number of nitrogen functional groups attached to an aromatic ring is 1. The van der Waals surface area contributed by atoms with Crippen molar-refractivity contribution in [1.82, 2.24) is 9.88 Å². The van der Waals surface area contributed by atoms with Gasteiger partial charge in [0.05, 0.1) is 6.10 Å². The Morgan fingerprint density at radius 3 is 2.76 bits per heavy atom. The molecule has 0 unspecified atom stereocenters. The molecule has 3 N–H and O–H groups in total. The van der Waals surface area contributed by atoms with Crippen LogP contribution in [0.1, 0.15) is 42.2 Å². The number of hydrogen-bond acceptors (Lipinski definition) is 5. The van der Waals surface area contributed by atoms with Gasteiger partial charge in [-0.1, -0.05) is 13.3 Å². The van der Waals surface area contributed by atoms with Gasteiger partial charge in [-0.2, -0.15) is 0 Å². The second-order valence-electron chi connectivity index (χ2n) is 5.35. The molecule has 0 saturated carbocycles. The van der Waals surface area contributed by atoms with Gasteiger partial charge in [-0.05, 0) is 31.4 Å². The number of aromatic nitrogens is 1. The van der Waals surface area contributed by atoms with Crippen LogP contribution in [0.15, 0.2) is 12.1 Å². The maximum absolute atomic E-state index is 12.6. The average Bonchev–Trinajstić information content (AvgIpc) is 2.54. The first-order valence-corrected chi connectivity index (χ1v) is 7.47. The number of pyridine rings is 1. The van der Waals surface area contributed by atoms with E-state index in [1.165, 1.54) is 0 Å². The summed E-state index contributed by atoms with van der Waals surface area (Å²) in [6.45, 7) is 3.55. The second kappa shape index (κ2) is 7.38. The van der Waals surface area contributed by atoms with Gasteiger partial charge in [0.1, 0.15) is 5.82 Å². The Labute approximate surface area is 125 Å². The molecule has 1 amide bonds. The lowest BCUT2D eigenvalue weighted by Gasteiger charge is -2.31. The normalized spacial score (nSPS) is 16.0. The van der Waals surface area contributed by atoms with Gasteiger partial charge in [0.2, 0.25) is 0 Å². The van der Waals surface area contributed by atoms with Crippen LogP contribution in [0.5, 0.6) is 0 Å². The summed E-state index contributed by atoms with van der Waals surface area (Å²) in [6, 6.07) is 3.58. The van der Waals surface area contributed by atoms with E-state index in [9.17, 15) is 4.79 Å². The average molecular weight is 292 g/mol. The lowest BCUT2D eigenvalue weighted by molar-refractivity contribution is 0.0350. The summed E-state index contributed by atoms with van der Waals surface area (Å²) < 4.78 is 5.34. The molecule has 1 saturated heterocycles. The minimum absolute atomic E-state index is 0.0424. The zero-order valence-corrected chi connectivity index (χ0v) is 12.8. The SMILES string of the molecule is CCCc1cc(C(=O)N2CCC(OC)CC2)cc(NN)n1. The van der Waals surface area contributed by atoms with E-state index in [4.69, 9.17) is 10.6 Å². The number of carbonyl (C=O) groups is 1. The first-order valence-electron chi connectivity index (χ1n) is 7.47. The third-order valence-electron chi connectivity index (χ3n) is 3.84. The molecule has 6 heteroatoms. The Morgan fingerprint density at radius 1 is 1.48 bits per heavy atom. The van der Waals surface area contributed by atoms with Crippen LogP contribution < -0.4 is 11.3 Å². The number of nitrogens with zero attached hydrogens (tertiary/aromatic N) is 2. The molecule has 1 fully saturated rings. The molecule has 1 aliphatic heterocycles. The van der Waals surface area contributed by atoms with Crippen molar-refractivity contribution < 1.29 is 9.53 Å². The minimum Gasteiger partial charge on any atom is -0.381 e. The fraction of sp³-hybridized carbons (Fsp3) is 0.600. The van der Waals surface area contributed by atoms with Gasteiger partial charge < -0.3 is 15.1 Å². The summed E-state index contributed by atoms with van der Waals surface area (Å²) in [7, 11) is 1.72. The number of aryl methyl sites for hydroxylation is 1. The highest BCUT2D eigenvalue weighted by molar-refractivity contribution is 5.95. The van der Waals surface area contributed by atoms with Gasteiger partial charge >= 0.3 is 0 Å². The number of hydrazine groups is 1. The summed E-state index contributed by atoms with van der Waals surface area (Å²) >= 11 is 0. The van der Waals surface area contributed by atoms with Crippen LogP contribution >= 0.6 is 0 Å². The van der Waals surface area contributed by atoms with Gasteiger partial charge in [0, 0.05) is 31.5 Å². The molecule has 21 heavy (non-hydrogen) atoms. The molecule has 0 spiro atoms. The number of piperidine rings is 1. The first kappa shape index (κ1) is 15.7. The molecule has 0 aromatic carbocycles. The Bertz CT molecular complexity index is 485. The Balaban J connectivity index is 2.13. The third-order valence-corrected chi connectivity index (χ3v) is 3.84. The number of nitrogens with one attached hydrogen (secondary N) is 1. The number of anilines is 1. The quantitative estimate of drug-likeness (QED) is 0.636. The van der Waals surface area contributed by atoms with Gasteiger partial charge in [-0.15, -0.1) is 0 Å². The van der Waals surface area contributed by atoms with Crippen molar-refractivity contribution >= 4 is 11.7 Å². The second-order valence-corrected chi connectivity index (χ2v) is 5.35. The van der Waals surface area contributed by atoms with E-state index in [0.29, 0.717) is 11.4 Å². The smallest absolute Gasteiger partial charge is 0.254 e. The number of amides is 1. The maximum Gasteiger partial charge on any atom is 0.254 e. The number of hydrogen-bond donors (Lipinski definition) is 2. The Morgan fingerprint density at radius 2 is 2.19 bits per heavy atom. The maximum atomic E-state index is 12.6. The van der Waals surface area contributed by atoms with Crippen LogP contribution in [0.2, 0.25) is 0 Å². The van der Waals surface area contributed by atoms with Crippen molar-refractivity contribution in [3.8, 4) is 0 Å². The highest BCUT2D eigenvalue weighted by Crippen LogP contribution is 2.18. The highest BCUT2D eigenvalue weighted by atomic mass is 16.5. The fourth-order valence-corrected chi connectivity index (χ4v) is 2.65. The molecule has 2 rings (SSSR count). The summed E-state index contributed by atoms with van der Waals surface area (Å²) in [6.07, 6.45) is 3.85. The van der Waals surface area contributed by atoms with E-state index in [2.05, 4.69) is 17.3 Å². The lowest BCUT2D eigenvalue weighted by atomic mass is 10.1. The summed E-state index contributed by atoms with van der Waals surface area (Å²) in [5, 5.41) is 0. The van der Waals surface area contributed by atoms with Crippen LogP contribution in [-0.4, -0.2) is 42.1 Å². The van der Waals surface area contributed by atoms with Crippen LogP contribution in [0.4, 0.5) is 5.82 Å². The van der Waals surface area contributed by atoms with E-state index in [1.54, 1.807) is 13.2 Å². The van der Waals surface area contributed by atoms with Gasteiger partial charge in [0.25, 0.3) is 5.91 Å². The molecule has 1 aromatic heterocycles. The molecule has 116 valence electrons. The van der Waals surface area contributed by atoms with Crippen molar-refractivity contribution in [2.75, 3.05) is 25.6 Å². The molecule has 0 aliphatic carbocycles. The molecule has 0 atom stereocenters. The van der Waals surface area contributed by atoms with Crippen LogP contribution in [0.25, 0.3) is 0 Å². The molecule has 0 radical (unpaired) electrons. The van der Waals surface area contributed by atoms with Gasteiger partial charge in [-0.25, -0.2) is 10.8 Å². The predicted octanol–water partition coefficient (Wildman–Crippen LogP) is 1.57. The molecule has 1 aromatic rings. The van der Waals surface area contributed by atoms with Crippen LogP contribution in [-0.2, 0) is 11.2 Å². The summed E-state index contributed by atoms with van der Waals surface area (Å²) in [5.41, 5.74) is 4.08. The number of methoxy groups -OCH3 is 1. The molecular weight excluding hydrogens is 268 g/mol. The van der Waals surface area contributed by atoms with Crippen LogP contribution in [0, 0.1) is 0 Å². The molecular formula is C15H24N4O2. The van der Waals surface area contributed by atoms with Crippen molar-refractivity contribution in [1.29, 1.82) is 0 Å². The van der Waals surface area contributed by atoms with E-state index in [-0.39, 0.29) is 12.0 Å². The van der Waals surface area contributed by atoms with Crippen molar-refractivity contribution in [2.45, 2.75) is 38.7 Å². The predicted molar refractivity (Wildman–Crippen MR) is 82.0 cm³/mol. The third kappa shape index (κ3) is 3.92. The number of likely N-dealkylation sites (tertiary alicyclic amines) is 1. The van der Waals surface area contributed by atoms with E-state index < -0.39 is 0 Å². The zero-order valence-electron chi connectivity index (χ0n) is 12.8. The monoisotopic (exact) mass is 292 g/mol. The standard InChI is InChI=1S/C15H24N4O2/c1-3-4-12-9-11(10-14(17-12)18-16)15(20)19-7-5-13(21-2)6-8-19/h9-10,13H,3-8,16H2,1-2H3,(H,17,18). The number of ether oxygens (including phenoxy) is 1. The minimum atomic E-state index is 0.0424. The van der Waals surface area contributed by atoms with Crippen molar-refractivity contribution in [3.63, 3.8) is 0 Å². The largest absolute Gasteiger partial charge is 0.381 e. The zero-order chi connectivity index (χ0) is 15.2. The van der Waals surface area contributed by atoms with Crippen LogP contribution in [0.3, 0.4) is 0 Å². The number of carbonyl (C=O) groups excluding carboxylic acids is 1. The first-order chi connectivity index (χ1) is 10.2. The Kier molecular flexibility index (Phi) is 5.52. The summed E-state index contributed by atoms with van der Waals surface area (Å²) in [5.74, 6) is 6.03. The molecule has 1 aliphatic rings. The number of rotatable bonds is 5. The van der Waals surface area contributed by atoms with Gasteiger partial charge in [-0.3, -0.25) is 4.79 Å². The summed E-state index contributed by atoms with van der Waals surface area (Å²) in [4.78, 5) is 18.9. The Hall–Kier alpha value is -1.66. The van der Waals surface area contributed by atoms with E-state index >= 15 is 0 Å². The van der Waals surface area contributed by atoms with E-state index in [0.717, 1.165) is 44.5 Å². The topological polar surface area (TPSA) is 80.5 Å².